The van der Waals surface area contributed by atoms with Crippen LogP contribution in [-0.2, 0) is 9.84 Å². The molecule has 0 bridgehead atoms. The van der Waals surface area contributed by atoms with Crippen LogP contribution in [0.2, 0.25) is 0 Å². The molecule has 2 unspecified atom stereocenters. The molecule has 2 atom stereocenters. The van der Waals surface area contributed by atoms with Crippen molar-refractivity contribution in [2.75, 3.05) is 7.05 Å². The fourth-order valence-electron chi connectivity index (χ4n) is 2.77. The summed E-state index contributed by atoms with van der Waals surface area (Å²) in [4.78, 5) is 0.484. The third-order valence-corrected chi connectivity index (χ3v) is 6.50. The number of hydrogen-bond donors (Lipinski definition) is 1. The predicted molar refractivity (Wildman–Crippen MR) is 78.2 cm³/mol. The molecule has 1 fully saturated rings. The number of hydrogen-bond acceptors (Lipinski definition) is 3. The summed E-state index contributed by atoms with van der Waals surface area (Å²) in [5.74, 6) is 0. The van der Waals surface area contributed by atoms with Crippen LogP contribution in [0.4, 0.5) is 0 Å². The summed E-state index contributed by atoms with van der Waals surface area (Å²) >= 11 is 0. The topological polar surface area (TPSA) is 46.2 Å². The van der Waals surface area contributed by atoms with E-state index in [1.165, 1.54) is 0 Å². The van der Waals surface area contributed by atoms with E-state index in [0.29, 0.717) is 10.9 Å². The molecule has 0 saturated heterocycles. The van der Waals surface area contributed by atoms with Crippen LogP contribution in [0, 0.1) is 13.8 Å². The van der Waals surface area contributed by atoms with Crippen molar-refractivity contribution in [1.29, 1.82) is 0 Å². The van der Waals surface area contributed by atoms with E-state index in [4.69, 9.17) is 0 Å². The normalized spacial score (nSPS) is 24.4. The average molecular weight is 281 g/mol. The molecule has 1 N–H and O–H groups in total. The van der Waals surface area contributed by atoms with Gasteiger partial charge in [-0.1, -0.05) is 12.5 Å². The van der Waals surface area contributed by atoms with Crippen molar-refractivity contribution in [2.24, 2.45) is 0 Å². The Morgan fingerprint density at radius 3 is 2.53 bits per heavy atom. The van der Waals surface area contributed by atoms with Gasteiger partial charge in [-0.2, -0.15) is 0 Å². The zero-order chi connectivity index (χ0) is 14.0. The Labute approximate surface area is 116 Å². The molecule has 4 heteroatoms. The van der Waals surface area contributed by atoms with Crippen molar-refractivity contribution in [1.82, 2.24) is 5.32 Å². The summed E-state index contributed by atoms with van der Waals surface area (Å²) in [6.07, 6.45) is 3.58. The highest BCUT2D eigenvalue weighted by molar-refractivity contribution is 7.92. The van der Waals surface area contributed by atoms with Crippen LogP contribution in [0.15, 0.2) is 23.1 Å². The Balaban J connectivity index is 2.28. The second kappa shape index (κ2) is 5.63. The first-order valence-electron chi connectivity index (χ1n) is 6.93. The highest BCUT2D eigenvalue weighted by Gasteiger charge is 2.32. The minimum atomic E-state index is -3.18. The summed E-state index contributed by atoms with van der Waals surface area (Å²) in [5.41, 5.74) is 2.18. The standard InChI is InChI=1S/C15H23NO2S/c1-11-7-8-15(9-12(11)2)19(17,18)14-6-4-5-13(10-14)16-3/h7-9,13-14,16H,4-6,10H2,1-3H3. The number of benzene rings is 1. The Bertz CT molecular complexity index is 551. The van der Waals surface area contributed by atoms with Crippen LogP contribution >= 0.6 is 0 Å². The Morgan fingerprint density at radius 2 is 1.89 bits per heavy atom. The molecule has 1 aliphatic rings. The maximum atomic E-state index is 12.7. The third kappa shape index (κ3) is 3.00. The zero-order valence-corrected chi connectivity index (χ0v) is 12.8. The fourth-order valence-corrected chi connectivity index (χ4v) is 4.72. The van der Waals surface area contributed by atoms with Crippen molar-refractivity contribution in [3.8, 4) is 0 Å². The largest absolute Gasteiger partial charge is 0.317 e. The number of sulfone groups is 1. The van der Waals surface area contributed by atoms with Gasteiger partial charge >= 0.3 is 0 Å². The molecular weight excluding hydrogens is 258 g/mol. The molecule has 106 valence electrons. The molecule has 0 radical (unpaired) electrons. The van der Waals surface area contributed by atoms with E-state index in [1.807, 2.05) is 33.0 Å². The highest BCUT2D eigenvalue weighted by atomic mass is 32.2. The lowest BCUT2D eigenvalue weighted by Gasteiger charge is -2.28. The maximum absolute atomic E-state index is 12.7. The van der Waals surface area contributed by atoms with Crippen LogP contribution in [-0.4, -0.2) is 26.8 Å². The fraction of sp³-hybridized carbons (Fsp3) is 0.600. The molecule has 0 aliphatic heterocycles. The SMILES string of the molecule is CNC1CCCC(S(=O)(=O)c2ccc(C)c(C)c2)C1. The molecule has 1 aromatic rings. The molecule has 19 heavy (non-hydrogen) atoms. The van der Waals surface area contributed by atoms with Crippen LogP contribution in [0.25, 0.3) is 0 Å². The quantitative estimate of drug-likeness (QED) is 0.926. The summed E-state index contributed by atoms with van der Waals surface area (Å²) in [6, 6.07) is 5.80. The van der Waals surface area contributed by atoms with Gasteiger partial charge in [-0.25, -0.2) is 8.42 Å². The van der Waals surface area contributed by atoms with E-state index in [2.05, 4.69) is 5.32 Å². The summed E-state index contributed by atoms with van der Waals surface area (Å²) in [5, 5.41) is 2.98. The van der Waals surface area contributed by atoms with Gasteiger partial charge in [0.1, 0.15) is 0 Å². The van der Waals surface area contributed by atoms with Crippen molar-refractivity contribution in [3.05, 3.63) is 29.3 Å². The van der Waals surface area contributed by atoms with E-state index < -0.39 is 9.84 Å². The second-order valence-electron chi connectivity index (χ2n) is 5.57. The van der Waals surface area contributed by atoms with Crippen molar-refractivity contribution in [2.45, 2.75) is 55.7 Å². The van der Waals surface area contributed by atoms with Crippen molar-refractivity contribution in [3.63, 3.8) is 0 Å². The number of aryl methyl sites for hydroxylation is 2. The smallest absolute Gasteiger partial charge is 0.181 e. The minimum absolute atomic E-state index is 0.235. The van der Waals surface area contributed by atoms with Gasteiger partial charge < -0.3 is 5.32 Å². The van der Waals surface area contributed by atoms with Gasteiger partial charge in [-0.3, -0.25) is 0 Å². The molecule has 3 nitrogen and oxygen atoms in total. The van der Waals surface area contributed by atoms with Gasteiger partial charge in [-0.05, 0) is 63.4 Å². The minimum Gasteiger partial charge on any atom is -0.317 e. The molecule has 1 aromatic carbocycles. The van der Waals surface area contributed by atoms with Crippen LogP contribution in [0.1, 0.15) is 36.8 Å². The first-order chi connectivity index (χ1) is 8.95. The lowest BCUT2D eigenvalue weighted by Crippen LogP contribution is -2.37. The predicted octanol–water partition coefficient (Wildman–Crippen LogP) is 2.61. The summed E-state index contributed by atoms with van der Waals surface area (Å²) < 4.78 is 25.4. The number of rotatable bonds is 3. The lowest BCUT2D eigenvalue weighted by atomic mass is 9.95. The Hall–Kier alpha value is -0.870. The molecule has 0 aromatic heterocycles. The molecular formula is C15H23NO2S. The van der Waals surface area contributed by atoms with E-state index >= 15 is 0 Å². The van der Waals surface area contributed by atoms with Crippen molar-refractivity contribution >= 4 is 9.84 Å². The molecule has 2 rings (SSSR count). The monoisotopic (exact) mass is 281 g/mol. The van der Waals surface area contributed by atoms with Gasteiger partial charge in [0, 0.05) is 6.04 Å². The second-order valence-corrected chi connectivity index (χ2v) is 7.79. The molecule has 1 aliphatic carbocycles. The Kier molecular flexibility index (Phi) is 4.31. The van der Waals surface area contributed by atoms with E-state index in [0.717, 1.165) is 36.8 Å². The lowest BCUT2D eigenvalue weighted by molar-refractivity contribution is 0.390. The van der Waals surface area contributed by atoms with E-state index in [1.54, 1.807) is 6.07 Å². The first kappa shape index (κ1) is 14.5. The third-order valence-electron chi connectivity index (χ3n) is 4.28. The molecule has 0 amide bonds. The maximum Gasteiger partial charge on any atom is 0.181 e. The highest BCUT2D eigenvalue weighted by Crippen LogP contribution is 2.29. The van der Waals surface area contributed by atoms with Gasteiger partial charge in [0.15, 0.2) is 9.84 Å². The Morgan fingerprint density at radius 1 is 1.16 bits per heavy atom. The zero-order valence-electron chi connectivity index (χ0n) is 11.9. The van der Waals surface area contributed by atoms with E-state index in [9.17, 15) is 8.42 Å². The van der Waals surface area contributed by atoms with Crippen LogP contribution in [0.5, 0.6) is 0 Å². The van der Waals surface area contributed by atoms with Crippen LogP contribution in [0.3, 0.4) is 0 Å². The summed E-state index contributed by atoms with van der Waals surface area (Å²) in [6.45, 7) is 3.97. The van der Waals surface area contributed by atoms with E-state index in [-0.39, 0.29) is 5.25 Å². The van der Waals surface area contributed by atoms with Gasteiger partial charge in [0.25, 0.3) is 0 Å². The van der Waals surface area contributed by atoms with Gasteiger partial charge in [0.05, 0.1) is 10.1 Å². The van der Waals surface area contributed by atoms with Gasteiger partial charge in [0.2, 0.25) is 0 Å². The molecule has 0 spiro atoms. The molecule has 0 heterocycles. The van der Waals surface area contributed by atoms with Crippen molar-refractivity contribution < 1.29 is 8.42 Å². The molecule has 1 saturated carbocycles. The summed E-state index contributed by atoms with van der Waals surface area (Å²) in [7, 11) is -1.27. The van der Waals surface area contributed by atoms with Gasteiger partial charge in [-0.15, -0.1) is 0 Å². The average Bonchev–Trinajstić information content (AvgIpc) is 2.41. The number of nitrogens with one attached hydrogen (secondary N) is 1. The first-order valence-corrected chi connectivity index (χ1v) is 8.48. The van der Waals surface area contributed by atoms with Crippen LogP contribution < -0.4 is 5.32 Å².